The third-order valence-corrected chi connectivity index (χ3v) is 1.30. The van der Waals surface area contributed by atoms with Gasteiger partial charge in [0, 0.05) is 0 Å². The fourth-order valence-electron chi connectivity index (χ4n) is 0.771. The van der Waals surface area contributed by atoms with E-state index in [1.807, 2.05) is 0 Å². The van der Waals surface area contributed by atoms with E-state index in [0.717, 1.165) is 0 Å². The average Bonchev–Trinajstić information content (AvgIpc) is 2.32. The van der Waals surface area contributed by atoms with Crippen LogP contribution in [0.4, 0.5) is 0 Å². The van der Waals surface area contributed by atoms with Gasteiger partial charge in [-0.25, -0.2) is 4.79 Å². The topological polar surface area (TPSA) is 76.0 Å². The number of hydrogen-bond donors (Lipinski definition) is 2. The molecule has 0 radical (unpaired) electrons. The van der Waals surface area contributed by atoms with Crippen LogP contribution in [0, 0.1) is 0 Å². The zero-order valence-corrected chi connectivity index (χ0v) is 7.90. The predicted molar refractivity (Wildman–Crippen MR) is 53.2 cm³/mol. The molecule has 0 aromatic heterocycles. The lowest BCUT2D eigenvalue weighted by Gasteiger charge is -2.05. The zero-order chi connectivity index (χ0) is 14.7. The van der Waals surface area contributed by atoms with Crippen LogP contribution in [-0.2, 0) is 4.74 Å². The van der Waals surface area contributed by atoms with Gasteiger partial charge in [0.1, 0.15) is 5.75 Å². The van der Waals surface area contributed by atoms with Crippen molar-refractivity contribution in [2.45, 2.75) is 6.92 Å². The van der Waals surface area contributed by atoms with Crippen LogP contribution in [0.2, 0.25) is 0 Å². The molecule has 0 unspecified atom stereocenters. The monoisotopic (exact) mass is 214 g/mol. The van der Waals surface area contributed by atoms with E-state index in [-0.39, 0.29) is 6.61 Å². The molecule has 1 aromatic carbocycles. The Morgan fingerprint density at radius 3 is 2.53 bits per heavy atom. The molecule has 15 heavy (non-hydrogen) atoms. The van der Waals surface area contributed by atoms with E-state index >= 15 is 0 Å². The molecule has 0 bridgehead atoms. The lowest BCUT2D eigenvalue weighted by Crippen LogP contribution is -2.20. The lowest BCUT2D eigenvalue weighted by molar-refractivity contribution is 0.0526. The van der Waals surface area contributed by atoms with Gasteiger partial charge in [-0.05, 0) is 31.1 Å². The number of benzene rings is 1. The fourth-order valence-corrected chi connectivity index (χ4v) is 0.771. The number of carbonyl (C=O) groups is 1. The molecule has 0 fully saturated rings. The summed E-state index contributed by atoms with van der Waals surface area (Å²) in [6, 6.07) is -2.74. The summed E-state index contributed by atoms with van der Waals surface area (Å²) in [7, 11) is -2.29. The Morgan fingerprint density at radius 2 is 2.07 bits per heavy atom. The second-order valence-corrected chi connectivity index (χ2v) is 2.37. The molecule has 0 spiro atoms. The molecule has 0 saturated heterocycles. The van der Waals surface area contributed by atoms with Crippen molar-refractivity contribution in [1.29, 1.82) is 0 Å². The van der Waals surface area contributed by atoms with Crippen molar-refractivity contribution >= 4 is 13.3 Å². The molecule has 0 aliphatic rings. The minimum Gasteiger partial charge on any atom is -0.512 e. The summed E-state index contributed by atoms with van der Waals surface area (Å²) in [5.74, 6) is -1.64. The second-order valence-electron chi connectivity index (χ2n) is 2.37. The number of esters is 1. The highest BCUT2D eigenvalue weighted by Gasteiger charge is 2.12. The van der Waals surface area contributed by atoms with E-state index in [1.54, 1.807) is 0 Å². The predicted octanol–water partition coefficient (Wildman–Crippen LogP) is 0.212. The van der Waals surface area contributed by atoms with E-state index in [9.17, 15) is 4.79 Å². The molecular formula is C9H11BO5. The summed E-state index contributed by atoms with van der Waals surface area (Å²) in [6.07, 6.45) is 0. The summed E-state index contributed by atoms with van der Waals surface area (Å²) < 4.78 is 39.3. The fraction of sp³-hybridized carbons (Fsp3) is 0.222. The third kappa shape index (κ3) is 3.61. The highest BCUT2D eigenvalue weighted by Crippen LogP contribution is 2.12. The number of hydrogen-bond acceptors (Lipinski definition) is 5. The Kier molecular flexibility index (Phi) is 2.46. The molecule has 1 aromatic rings. The normalized spacial score (nSPS) is 13.3. The second kappa shape index (κ2) is 5.38. The third-order valence-electron chi connectivity index (χ3n) is 1.30. The van der Waals surface area contributed by atoms with Gasteiger partial charge < -0.3 is 19.4 Å². The molecular weight excluding hydrogens is 199 g/mol. The highest BCUT2D eigenvalue weighted by atomic mass is 16.6. The Balaban J connectivity index is 3.42. The lowest BCUT2D eigenvalue weighted by atomic mass is 10.2. The van der Waals surface area contributed by atoms with Gasteiger partial charge in [-0.2, -0.15) is 0 Å². The van der Waals surface area contributed by atoms with Crippen LogP contribution >= 0.6 is 0 Å². The number of ether oxygens (including phenoxy) is 1. The molecule has 80 valence electrons. The molecule has 0 atom stereocenters. The molecule has 5 nitrogen and oxygen atoms in total. The molecule has 0 heterocycles. The van der Waals surface area contributed by atoms with Crippen molar-refractivity contribution in [3.63, 3.8) is 0 Å². The van der Waals surface area contributed by atoms with Gasteiger partial charge in [-0.3, -0.25) is 0 Å². The standard InChI is InChI=1S/C9H11BO5/c1-2-14-9(11)7-3-5-8(6-4-7)15-10(12)13/h3-6,12-13H,2H2,1H3/i3D,4D,5D,6D. The summed E-state index contributed by atoms with van der Waals surface area (Å²) in [4.78, 5) is 11.6. The van der Waals surface area contributed by atoms with Gasteiger partial charge >= 0.3 is 13.3 Å². The van der Waals surface area contributed by atoms with Crippen LogP contribution in [0.25, 0.3) is 0 Å². The quantitative estimate of drug-likeness (QED) is 0.553. The van der Waals surface area contributed by atoms with Crippen molar-refractivity contribution in [2.24, 2.45) is 0 Å². The van der Waals surface area contributed by atoms with Crippen molar-refractivity contribution in [3.8, 4) is 5.75 Å². The maximum atomic E-state index is 11.6. The van der Waals surface area contributed by atoms with Gasteiger partial charge in [-0.15, -0.1) is 0 Å². The molecule has 0 saturated carbocycles. The van der Waals surface area contributed by atoms with Crippen molar-refractivity contribution in [2.75, 3.05) is 6.61 Å². The minimum atomic E-state index is -2.29. The first-order chi connectivity index (χ1) is 8.81. The molecule has 1 rings (SSSR count). The maximum absolute atomic E-state index is 11.6. The summed E-state index contributed by atoms with van der Waals surface area (Å²) in [5.41, 5.74) is -0.531. The first kappa shape index (κ1) is 6.87. The van der Waals surface area contributed by atoms with Gasteiger partial charge in [0.2, 0.25) is 0 Å². The van der Waals surface area contributed by atoms with Crippen LogP contribution in [0.1, 0.15) is 22.8 Å². The Hall–Kier alpha value is -1.53. The van der Waals surface area contributed by atoms with Crippen LogP contribution < -0.4 is 4.65 Å². The number of carbonyl (C=O) groups excluding carboxylic acids is 1. The summed E-state index contributed by atoms with van der Waals surface area (Å²) in [5, 5.41) is 17.3. The first-order valence-corrected chi connectivity index (χ1v) is 4.11. The Bertz CT molecular complexity index is 479. The SMILES string of the molecule is [2H]c1c([2H])c(C(=O)OCC)c([2H])c([2H])c1OB(O)O. The van der Waals surface area contributed by atoms with E-state index in [0.29, 0.717) is 0 Å². The Labute approximate surface area is 93.1 Å². The van der Waals surface area contributed by atoms with Crippen molar-refractivity contribution < 1.29 is 29.7 Å². The first-order valence-electron chi connectivity index (χ1n) is 6.11. The number of rotatable bonds is 4. The minimum absolute atomic E-state index is 0.0198. The highest BCUT2D eigenvalue weighted by molar-refractivity contribution is 6.33. The van der Waals surface area contributed by atoms with Gasteiger partial charge in [0.25, 0.3) is 0 Å². The molecule has 2 N–H and O–H groups in total. The van der Waals surface area contributed by atoms with Crippen LogP contribution in [0.5, 0.6) is 5.75 Å². The largest absolute Gasteiger partial charge is 0.707 e. The zero-order valence-electron chi connectivity index (χ0n) is 11.9. The summed E-state index contributed by atoms with van der Waals surface area (Å²) in [6.45, 7) is 1.56. The van der Waals surface area contributed by atoms with Crippen molar-refractivity contribution in [3.05, 3.63) is 29.7 Å². The maximum Gasteiger partial charge on any atom is 0.707 e. The molecule has 0 amide bonds. The van der Waals surface area contributed by atoms with Gasteiger partial charge in [0.15, 0.2) is 0 Å². The van der Waals surface area contributed by atoms with Crippen molar-refractivity contribution in [1.82, 2.24) is 0 Å². The smallest absolute Gasteiger partial charge is 0.512 e. The van der Waals surface area contributed by atoms with Crippen LogP contribution in [0.3, 0.4) is 0 Å². The summed E-state index contributed by atoms with van der Waals surface area (Å²) >= 11 is 0. The molecule has 0 aliphatic heterocycles. The Morgan fingerprint density at radius 1 is 1.47 bits per heavy atom. The van der Waals surface area contributed by atoms with Gasteiger partial charge in [0.05, 0.1) is 17.7 Å². The van der Waals surface area contributed by atoms with E-state index in [1.165, 1.54) is 6.92 Å². The van der Waals surface area contributed by atoms with Gasteiger partial charge in [-0.1, -0.05) is 0 Å². The van der Waals surface area contributed by atoms with E-state index < -0.39 is 48.8 Å². The van der Waals surface area contributed by atoms with E-state index in [2.05, 4.69) is 9.39 Å². The molecule has 0 aliphatic carbocycles. The molecule has 6 heteroatoms. The van der Waals surface area contributed by atoms with Crippen LogP contribution in [-0.4, -0.2) is 29.9 Å². The van der Waals surface area contributed by atoms with Crippen LogP contribution in [0.15, 0.2) is 24.2 Å². The van der Waals surface area contributed by atoms with E-state index in [4.69, 9.17) is 15.5 Å². The average molecular weight is 214 g/mol.